The van der Waals surface area contributed by atoms with E-state index in [1.54, 1.807) is 30.3 Å². The summed E-state index contributed by atoms with van der Waals surface area (Å²) in [5.41, 5.74) is 2.43. The second-order valence-corrected chi connectivity index (χ2v) is 7.84. The number of benzene rings is 3. The van der Waals surface area contributed by atoms with Crippen molar-refractivity contribution < 1.29 is 19.5 Å². The molecule has 3 aromatic carbocycles. The molecule has 1 amide bonds. The van der Waals surface area contributed by atoms with Crippen molar-refractivity contribution in [2.45, 2.75) is 25.5 Å². The van der Waals surface area contributed by atoms with Gasteiger partial charge in [0.15, 0.2) is 6.04 Å². The van der Waals surface area contributed by atoms with Gasteiger partial charge in [-0.2, -0.15) is 12.6 Å². The summed E-state index contributed by atoms with van der Waals surface area (Å²) in [4.78, 5) is 31.7. The molecule has 3 rings (SSSR count). The number of carbonyl (C=O) groups excluding carboxylic acids is 1. The smallest absolute Gasteiger partial charge is 0.333 e. The van der Waals surface area contributed by atoms with Crippen LogP contribution in [0.3, 0.4) is 0 Å². The third kappa shape index (κ3) is 6.45. The first-order valence-electron chi connectivity index (χ1n) is 10.5. The van der Waals surface area contributed by atoms with Gasteiger partial charge < -0.3 is 5.11 Å². The second kappa shape index (κ2) is 12.1. The molecule has 3 aromatic rings. The van der Waals surface area contributed by atoms with Crippen LogP contribution in [0.2, 0.25) is 0 Å². The Balaban J connectivity index is 1.84. The van der Waals surface area contributed by atoms with Crippen molar-refractivity contribution >= 4 is 24.5 Å². The monoisotopic (exact) mass is 449 g/mol. The van der Waals surface area contributed by atoms with Gasteiger partial charge in [0.2, 0.25) is 0 Å². The van der Waals surface area contributed by atoms with Crippen LogP contribution in [-0.2, 0) is 27.5 Å². The van der Waals surface area contributed by atoms with Crippen molar-refractivity contribution in [2.24, 2.45) is 5.92 Å². The highest BCUT2D eigenvalue weighted by atomic mass is 32.1. The molecule has 0 aliphatic rings. The first-order valence-corrected chi connectivity index (χ1v) is 11.2. The lowest BCUT2D eigenvalue weighted by molar-refractivity contribution is -0.216. The van der Waals surface area contributed by atoms with Crippen LogP contribution in [0.1, 0.15) is 29.2 Å². The number of amides is 1. The van der Waals surface area contributed by atoms with E-state index in [1.807, 2.05) is 60.7 Å². The number of hydroxylamine groups is 2. The lowest BCUT2D eigenvalue weighted by Gasteiger charge is -2.31. The van der Waals surface area contributed by atoms with E-state index in [-0.39, 0.29) is 18.3 Å². The lowest BCUT2D eigenvalue weighted by atomic mass is 9.98. The number of carboxylic acid groups (broad SMARTS) is 1. The van der Waals surface area contributed by atoms with Crippen molar-refractivity contribution in [3.63, 3.8) is 0 Å². The fraction of sp³-hybridized carbons (Fsp3) is 0.231. The molecule has 1 unspecified atom stereocenters. The van der Waals surface area contributed by atoms with Gasteiger partial charge >= 0.3 is 5.97 Å². The molecule has 1 N–H and O–H groups in total. The number of aryl methyl sites for hydroxylation is 1. The minimum absolute atomic E-state index is 0.0845. The molecule has 0 bridgehead atoms. The van der Waals surface area contributed by atoms with Gasteiger partial charge in [-0.15, -0.1) is 0 Å². The van der Waals surface area contributed by atoms with E-state index in [9.17, 15) is 14.7 Å². The van der Waals surface area contributed by atoms with Crippen LogP contribution >= 0.6 is 12.6 Å². The average molecular weight is 450 g/mol. The summed E-state index contributed by atoms with van der Waals surface area (Å²) in [6.45, 7) is 0.0845. The highest BCUT2D eigenvalue weighted by molar-refractivity contribution is 7.80. The van der Waals surface area contributed by atoms with Gasteiger partial charge in [-0.1, -0.05) is 91.0 Å². The largest absolute Gasteiger partial charge is 0.479 e. The molecule has 32 heavy (non-hydrogen) atoms. The van der Waals surface area contributed by atoms with Crippen molar-refractivity contribution in [1.29, 1.82) is 0 Å². The Morgan fingerprint density at radius 3 is 1.91 bits per heavy atom. The van der Waals surface area contributed by atoms with Crippen LogP contribution in [0.25, 0.3) is 0 Å². The highest BCUT2D eigenvalue weighted by Crippen LogP contribution is 2.26. The van der Waals surface area contributed by atoms with Crippen molar-refractivity contribution in [2.75, 3.05) is 5.75 Å². The van der Waals surface area contributed by atoms with Crippen molar-refractivity contribution in [3.8, 4) is 0 Å². The number of hydrogen-bond acceptors (Lipinski definition) is 4. The van der Waals surface area contributed by atoms with Crippen molar-refractivity contribution in [1.82, 2.24) is 5.06 Å². The van der Waals surface area contributed by atoms with Gasteiger partial charge in [0, 0.05) is 11.7 Å². The summed E-state index contributed by atoms with van der Waals surface area (Å²) in [7, 11) is 0. The molecule has 2 atom stereocenters. The fourth-order valence-electron chi connectivity index (χ4n) is 3.46. The molecule has 0 aliphatic carbocycles. The zero-order valence-electron chi connectivity index (χ0n) is 17.7. The van der Waals surface area contributed by atoms with Gasteiger partial charge in [0.1, 0.15) is 6.61 Å². The number of hydrogen-bond donors (Lipinski definition) is 2. The molecule has 0 saturated heterocycles. The van der Waals surface area contributed by atoms with Crippen LogP contribution in [-0.4, -0.2) is 27.8 Å². The summed E-state index contributed by atoms with van der Waals surface area (Å²) in [5.74, 6) is -1.74. The van der Waals surface area contributed by atoms with E-state index in [4.69, 9.17) is 4.84 Å². The molecule has 5 nitrogen and oxygen atoms in total. The van der Waals surface area contributed by atoms with E-state index < -0.39 is 17.9 Å². The highest BCUT2D eigenvalue weighted by Gasteiger charge is 2.35. The molecule has 0 aromatic heterocycles. The number of carbonyl (C=O) groups is 2. The maximum atomic E-state index is 13.5. The summed E-state index contributed by atoms with van der Waals surface area (Å²) in [6.07, 6.45) is 1.23. The maximum Gasteiger partial charge on any atom is 0.333 e. The Bertz CT molecular complexity index is 982. The third-order valence-electron chi connectivity index (χ3n) is 5.21. The number of nitrogens with zero attached hydrogens (tertiary/aromatic N) is 1. The van der Waals surface area contributed by atoms with E-state index in [0.29, 0.717) is 18.4 Å². The molecule has 166 valence electrons. The summed E-state index contributed by atoms with van der Waals surface area (Å²) >= 11 is 4.39. The predicted molar refractivity (Wildman–Crippen MR) is 127 cm³/mol. The first kappa shape index (κ1) is 23.6. The second-order valence-electron chi connectivity index (χ2n) is 7.48. The molecule has 0 heterocycles. The zero-order chi connectivity index (χ0) is 22.8. The quantitative estimate of drug-likeness (QED) is 0.321. The van der Waals surface area contributed by atoms with Gasteiger partial charge in [-0.3, -0.25) is 9.63 Å². The van der Waals surface area contributed by atoms with Gasteiger partial charge in [0.25, 0.3) is 5.91 Å². The molecule has 0 radical (unpaired) electrons. The van der Waals surface area contributed by atoms with E-state index in [2.05, 4.69) is 12.6 Å². The minimum Gasteiger partial charge on any atom is -0.479 e. The van der Waals surface area contributed by atoms with Crippen LogP contribution in [0.5, 0.6) is 0 Å². The zero-order valence-corrected chi connectivity index (χ0v) is 18.6. The Labute approximate surface area is 194 Å². The summed E-state index contributed by atoms with van der Waals surface area (Å²) in [6, 6.07) is 26.6. The Hall–Kier alpha value is -3.09. The minimum atomic E-state index is -1.26. The van der Waals surface area contributed by atoms with Crippen LogP contribution < -0.4 is 0 Å². The van der Waals surface area contributed by atoms with E-state index in [1.165, 1.54) is 0 Å². The third-order valence-corrected chi connectivity index (χ3v) is 5.65. The lowest BCUT2D eigenvalue weighted by Crippen LogP contribution is -2.43. The van der Waals surface area contributed by atoms with Gasteiger partial charge in [-0.05, 0) is 29.5 Å². The SMILES string of the molecule is O=C(O)[C@@H](c1ccccc1)N(OCc1ccccc1)C(=O)C(CS)CCc1ccccc1. The maximum absolute atomic E-state index is 13.5. The predicted octanol–water partition coefficient (Wildman–Crippen LogP) is 4.95. The molecule has 0 saturated carbocycles. The normalized spacial score (nSPS) is 12.7. The summed E-state index contributed by atoms with van der Waals surface area (Å²) < 4.78 is 0. The standard InChI is InChI=1S/C26H27NO4S/c28-25(23(19-32)17-16-20-10-4-1-5-11-20)27(31-18-21-12-6-2-7-13-21)24(26(29)30)22-14-8-3-9-15-22/h1-15,23-24,32H,16-19H2,(H,29,30)/t23?,24-/m1/s1. The molecule has 6 heteroatoms. The van der Waals surface area contributed by atoms with E-state index in [0.717, 1.165) is 16.2 Å². The number of aliphatic carboxylic acids is 1. The Kier molecular flexibility index (Phi) is 8.90. The topological polar surface area (TPSA) is 66.8 Å². The molecule has 0 aliphatic heterocycles. The number of rotatable bonds is 11. The number of carboxylic acids is 1. The van der Waals surface area contributed by atoms with Crippen LogP contribution in [0, 0.1) is 5.92 Å². The average Bonchev–Trinajstić information content (AvgIpc) is 2.83. The Morgan fingerprint density at radius 1 is 0.844 bits per heavy atom. The summed E-state index contributed by atoms with van der Waals surface area (Å²) in [5, 5.41) is 11.0. The molecule has 0 fully saturated rings. The van der Waals surface area contributed by atoms with Gasteiger partial charge in [-0.25, -0.2) is 9.86 Å². The number of thiol groups is 1. The molecule has 0 spiro atoms. The first-order chi connectivity index (χ1) is 15.6. The van der Waals surface area contributed by atoms with Gasteiger partial charge in [0.05, 0.1) is 0 Å². The Morgan fingerprint density at radius 2 is 1.38 bits per heavy atom. The van der Waals surface area contributed by atoms with Crippen LogP contribution in [0.4, 0.5) is 0 Å². The molecular weight excluding hydrogens is 422 g/mol. The fourth-order valence-corrected chi connectivity index (χ4v) is 3.79. The van der Waals surface area contributed by atoms with Crippen LogP contribution in [0.15, 0.2) is 91.0 Å². The van der Waals surface area contributed by atoms with E-state index >= 15 is 0 Å². The van der Waals surface area contributed by atoms with Crippen molar-refractivity contribution in [3.05, 3.63) is 108 Å². The molecular formula is C26H27NO4S.